The predicted octanol–water partition coefficient (Wildman–Crippen LogP) is 4.27. The lowest BCUT2D eigenvalue weighted by Crippen LogP contribution is -2.41. The molecule has 0 spiro atoms. The maximum Gasteiger partial charge on any atom is 0.264 e. The third kappa shape index (κ3) is 5.27. The van der Waals surface area contributed by atoms with E-state index in [0.29, 0.717) is 11.5 Å². The molecule has 0 radical (unpaired) electrons. The van der Waals surface area contributed by atoms with Crippen molar-refractivity contribution >= 4 is 21.6 Å². The molecule has 1 atom stereocenters. The number of carbonyl (C=O) groups is 1. The number of fused-ring (bicyclic) bond motifs is 1. The van der Waals surface area contributed by atoms with Crippen LogP contribution >= 0.6 is 0 Å². The SMILES string of the molecule is COc1ccc(OC)c(N(CC(=O)N[C@@H](C)c2ccc3c(c2)CCC3)S(=O)(=O)c2ccccc2)c1. The summed E-state index contributed by atoms with van der Waals surface area (Å²) in [6, 6.07) is 18.9. The Morgan fingerprint density at radius 1 is 0.971 bits per heavy atom. The van der Waals surface area contributed by atoms with Crippen molar-refractivity contribution in [2.75, 3.05) is 25.1 Å². The average Bonchev–Trinajstić information content (AvgIpc) is 3.35. The second-order valence-electron chi connectivity index (χ2n) is 8.53. The Balaban J connectivity index is 1.65. The van der Waals surface area contributed by atoms with Gasteiger partial charge in [-0.25, -0.2) is 8.42 Å². The van der Waals surface area contributed by atoms with Crippen LogP contribution in [0.15, 0.2) is 71.6 Å². The second kappa shape index (κ2) is 10.4. The Morgan fingerprint density at radius 2 is 1.71 bits per heavy atom. The van der Waals surface area contributed by atoms with Crippen LogP contribution in [0.25, 0.3) is 0 Å². The van der Waals surface area contributed by atoms with Crippen LogP contribution in [0.5, 0.6) is 11.5 Å². The van der Waals surface area contributed by atoms with Gasteiger partial charge in [-0.05, 0) is 67.1 Å². The van der Waals surface area contributed by atoms with E-state index in [1.54, 1.807) is 36.4 Å². The third-order valence-corrected chi connectivity index (χ3v) is 8.05. The number of hydrogen-bond acceptors (Lipinski definition) is 5. The maximum atomic E-state index is 13.7. The zero-order valence-electron chi connectivity index (χ0n) is 20.2. The lowest BCUT2D eigenvalue weighted by Gasteiger charge is -2.27. The molecule has 3 aromatic rings. The number of anilines is 1. The molecule has 1 amide bonds. The van der Waals surface area contributed by atoms with Crippen molar-refractivity contribution in [3.63, 3.8) is 0 Å². The van der Waals surface area contributed by atoms with Crippen molar-refractivity contribution in [2.45, 2.75) is 37.1 Å². The van der Waals surface area contributed by atoms with E-state index in [2.05, 4.69) is 17.4 Å². The molecule has 7 nitrogen and oxygen atoms in total. The van der Waals surface area contributed by atoms with E-state index in [1.807, 2.05) is 13.0 Å². The number of benzene rings is 3. The van der Waals surface area contributed by atoms with Crippen LogP contribution in [0, 0.1) is 0 Å². The van der Waals surface area contributed by atoms with Gasteiger partial charge in [0.05, 0.1) is 30.8 Å². The van der Waals surface area contributed by atoms with Gasteiger partial charge < -0.3 is 14.8 Å². The van der Waals surface area contributed by atoms with Crippen LogP contribution in [-0.2, 0) is 27.7 Å². The summed E-state index contributed by atoms with van der Waals surface area (Å²) < 4.78 is 39.1. The molecule has 1 N–H and O–H groups in total. The summed E-state index contributed by atoms with van der Waals surface area (Å²) in [6.45, 7) is 1.48. The first-order valence-electron chi connectivity index (χ1n) is 11.5. The highest BCUT2D eigenvalue weighted by Crippen LogP contribution is 2.35. The molecule has 0 saturated carbocycles. The van der Waals surface area contributed by atoms with Crippen LogP contribution in [0.4, 0.5) is 5.69 Å². The molecule has 1 aliphatic carbocycles. The second-order valence-corrected chi connectivity index (χ2v) is 10.4. The number of ether oxygens (including phenoxy) is 2. The number of aryl methyl sites for hydroxylation is 2. The van der Waals surface area contributed by atoms with Crippen LogP contribution in [0.3, 0.4) is 0 Å². The number of methoxy groups -OCH3 is 2. The standard InChI is InChI=1S/C27H30N2O5S/c1-19(21-13-12-20-8-7-9-22(20)16-21)28-27(30)18-29(35(31,32)24-10-5-4-6-11-24)25-17-23(33-2)14-15-26(25)34-3/h4-6,10-17,19H,7-9,18H2,1-3H3,(H,28,30)/t19-/m0/s1. The molecule has 4 rings (SSSR count). The highest BCUT2D eigenvalue weighted by molar-refractivity contribution is 7.92. The smallest absolute Gasteiger partial charge is 0.264 e. The number of amides is 1. The van der Waals surface area contributed by atoms with Gasteiger partial charge >= 0.3 is 0 Å². The van der Waals surface area contributed by atoms with E-state index in [0.717, 1.165) is 29.1 Å². The quantitative estimate of drug-likeness (QED) is 0.480. The highest BCUT2D eigenvalue weighted by atomic mass is 32.2. The molecule has 184 valence electrons. The van der Waals surface area contributed by atoms with Gasteiger partial charge in [0.15, 0.2) is 0 Å². The Labute approximate surface area is 206 Å². The fourth-order valence-corrected chi connectivity index (χ4v) is 5.82. The van der Waals surface area contributed by atoms with Gasteiger partial charge in [-0.15, -0.1) is 0 Å². The molecule has 0 heterocycles. The van der Waals surface area contributed by atoms with Crippen molar-refractivity contribution in [2.24, 2.45) is 0 Å². The van der Waals surface area contributed by atoms with Crippen molar-refractivity contribution in [1.82, 2.24) is 5.32 Å². The number of sulfonamides is 1. The summed E-state index contributed by atoms with van der Waals surface area (Å²) in [4.78, 5) is 13.3. The van der Waals surface area contributed by atoms with E-state index < -0.39 is 22.5 Å². The van der Waals surface area contributed by atoms with Crippen LogP contribution in [0.1, 0.15) is 36.1 Å². The minimum atomic E-state index is -4.08. The Kier molecular flexibility index (Phi) is 7.31. The molecular weight excluding hydrogens is 464 g/mol. The molecular formula is C27H30N2O5S. The van der Waals surface area contributed by atoms with E-state index in [9.17, 15) is 13.2 Å². The average molecular weight is 495 g/mol. The van der Waals surface area contributed by atoms with Crippen molar-refractivity contribution in [1.29, 1.82) is 0 Å². The minimum absolute atomic E-state index is 0.0735. The third-order valence-electron chi connectivity index (χ3n) is 6.27. The van der Waals surface area contributed by atoms with Crippen molar-refractivity contribution in [3.05, 3.63) is 83.4 Å². The van der Waals surface area contributed by atoms with E-state index in [1.165, 1.54) is 37.5 Å². The molecule has 0 saturated heterocycles. The fourth-order valence-electron chi connectivity index (χ4n) is 4.37. The Bertz CT molecular complexity index is 1310. The number of carbonyl (C=O) groups excluding carboxylic acids is 1. The normalized spacial score (nSPS) is 13.6. The van der Waals surface area contributed by atoms with Crippen LogP contribution < -0.4 is 19.1 Å². The number of nitrogens with zero attached hydrogens (tertiary/aromatic N) is 1. The van der Waals surface area contributed by atoms with Gasteiger partial charge in [0, 0.05) is 6.07 Å². The molecule has 0 bridgehead atoms. The molecule has 0 fully saturated rings. The van der Waals surface area contributed by atoms with E-state index in [4.69, 9.17) is 9.47 Å². The van der Waals surface area contributed by atoms with Gasteiger partial charge in [-0.1, -0.05) is 36.4 Å². The summed E-state index contributed by atoms with van der Waals surface area (Å²) in [6.07, 6.45) is 3.28. The first-order chi connectivity index (χ1) is 16.8. The largest absolute Gasteiger partial charge is 0.497 e. The van der Waals surface area contributed by atoms with E-state index in [-0.39, 0.29) is 16.6 Å². The Morgan fingerprint density at radius 3 is 2.43 bits per heavy atom. The molecule has 35 heavy (non-hydrogen) atoms. The van der Waals surface area contributed by atoms with Crippen molar-refractivity contribution in [3.8, 4) is 11.5 Å². The van der Waals surface area contributed by atoms with Crippen molar-refractivity contribution < 1.29 is 22.7 Å². The first-order valence-corrected chi connectivity index (χ1v) is 13.0. The summed E-state index contributed by atoms with van der Waals surface area (Å²) in [5, 5.41) is 2.96. The minimum Gasteiger partial charge on any atom is -0.497 e. The molecule has 0 aromatic heterocycles. The van der Waals surface area contributed by atoms with Crippen LogP contribution in [-0.4, -0.2) is 35.1 Å². The fraction of sp³-hybridized carbons (Fsp3) is 0.296. The zero-order valence-corrected chi connectivity index (χ0v) is 21.0. The van der Waals surface area contributed by atoms with Gasteiger partial charge in [0.25, 0.3) is 10.0 Å². The molecule has 3 aromatic carbocycles. The number of nitrogens with one attached hydrogen (secondary N) is 1. The zero-order chi connectivity index (χ0) is 25.0. The highest BCUT2D eigenvalue weighted by Gasteiger charge is 2.30. The maximum absolute atomic E-state index is 13.7. The molecule has 0 unspecified atom stereocenters. The number of hydrogen-bond donors (Lipinski definition) is 1. The Hall–Kier alpha value is -3.52. The monoisotopic (exact) mass is 494 g/mol. The summed E-state index contributed by atoms with van der Waals surface area (Å²) in [5.74, 6) is 0.327. The van der Waals surface area contributed by atoms with Gasteiger partial charge in [0.2, 0.25) is 5.91 Å². The van der Waals surface area contributed by atoms with Gasteiger partial charge in [-0.2, -0.15) is 0 Å². The summed E-state index contributed by atoms with van der Waals surface area (Å²) in [7, 11) is -1.13. The summed E-state index contributed by atoms with van der Waals surface area (Å²) >= 11 is 0. The molecule has 0 aliphatic heterocycles. The molecule has 8 heteroatoms. The lowest BCUT2D eigenvalue weighted by atomic mass is 10.0. The first kappa shape index (κ1) is 24.6. The van der Waals surface area contributed by atoms with E-state index >= 15 is 0 Å². The van der Waals surface area contributed by atoms with Crippen LogP contribution in [0.2, 0.25) is 0 Å². The topological polar surface area (TPSA) is 84.9 Å². The predicted molar refractivity (Wildman–Crippen MR) is 136 cm³/mol. The van der Waals surface area contributed by atoms with Gasteiger partial charge in [0.1, 0.15) is 18.0 Å². The number of rotatable bonds is 9. The van der Waals surface area contributed by atoms with Gasteiger partial charge in [-0.3, -0.25) is 9.10 Å². The molecule has 1 aliphatic rings. The summed E-state index contributed by atoms with van der Waals surface area (Å²) in [5.41, 5.74) is 3.89. The lowest BCUT2D eigenvalue weighted by molar-refractivity contribution is -0.120.